The van der Waals surface area contributed by atoms with Crippen LogP contribution in [0.2, 0.25) is 0 Å². The Morgan fingerprint density at radius 3 is 2.55 bits per heavy atom. The Bertz CT molecular complexity index is 1260. The number of benzene rings is 2. The van der Waals surface area contributed by atoms with Crippen molar-refractivity contribution in [1.29, 1.82) is 0 Å². The number of ether oxygens (including phenoxy) is 2. The molecule has 0 aliphatic carbocycles. The van der Waals surface area contributed by atoms with E-state index in [0.717, 1.165) is 39.5 Å². The minimum Gasteiger partial charge on any atom is -0.482 e. The number of nitrogens with zero attached hydrogens (tertiary/aromatic N) is 2. The first-order valence-electron chi connectivity index (χ1n) is 10.3. The zero-order valence-corrected chi connectivity index (χ0v) is 18.9. The van der Waals surface area contributed by atoms with Crippen LogP contribution in [0.1, 0.15) is 26.3 Å². The molecule has 2 heterocycles. The molecule has 0 fully saturated rings. The molecule has 0 saturated carbocycles. The zero-order chi connectivity index (χ0) is 22.3. The van der Waals surface area contributed by atoms with Crippen LogP contribution in [0.3, 0.4) is 0 Å². The largest absolute Gasteiger partial charge is 0.482 e. The quantitative estimate of drug-likeness (QED) is 0.465. The van der Waals surface area contributed by atoms with E-state index in [9.17, 15) is 4.79 Å². The lowest BCUT2D eigenvalue weighted by molar-refractivity contribution is 0.0547. The van der Waals surface area contributed by atoms with Crippen molar-refractivity contribution in [3.8, 4) is 17.1 Å². The maximum absolute atomic E-state index is 13.3. The van der Waals surface area contributed by atoms with Crippen LogP contribution in [0.4, 0.5) is 4.79 Å². The monoisotopic (exact) mass is 419 g/mol. The first kappa shape index (κ1) is 21.0. The molecule has 0 amide bonds. The molecule has 0 aliphatic rings. The Morgan fingerprint density at radius 1 is 1.10 bits per heavy atom. The van der Waals surface area contributed by atoms with Crippen LogP contribution < -0.4 is 4.74 Å². The van der Waals surface area contributed by atoms with Gasteiger partial charge in [-0.2, -0.15) is 0 Å². The van der Waals surface area contributed by atoms with Gasteiger partial charge in [0.1, 0.15) is 5.60 Å². The van der Waals surface area contributed by atoms with Gasteiger partial charge in [-0.1, -0.05) is 24.3 Å². The lowest BCUT2D eigenvalue weighted by atomic mass is 10.1. The Hall–Kier alpha value is -3.25. The Labute approximate surface area is 182 Å². The maximum Gasteiger partial charge on any atom is 0.419 e. The summed E-state index contributed by atoms with van der Waals surface area (Å²) >= 11 is 0. The van der Waals surface area contributed by atoms with Crippen LogP contribution in [-0.4, -0.2) is 47.4 Å². The van der Waals surface area contributed by atoms with Gasteiger partial charge in [0.15, 0.2) is 5.88 Å². The van der Waals surface area contributed by atoms with Gasteiger partial charge in [-0.25, -0.2) is 9.36 Å². The van der Waals surface area contributed by atoms with E-state index in [1.807, 2.05) is 65.3 Å². The standard InChI is InChI=1S/C25H29N3O3/c1-25(2,3)31-24(29)28-20-11-10-16(15-27(4)5)12-18(20)13-21(28)19-9-7-8-17-14-26-23(30-6)22(17)19/h7-14,26H,15H2,1-6H3. The molecule has 4 rings (SSSR count). The number of hydrogen-bond donors (Lipinski definition) is 1. The van der Waals surface area contributed by atoms with Gasteiger partial charge in [0.05, 0.1) is 23.7 Å². The van der Waals surface area contributed by atoms with Crippen LogP contribution in [0.25, 0.3) is 32.9 Å². The fraction of sp³-hybridized carbons (Fsp3) is 0.320. The fourth-order valence-corrected chi connectivity index (χ4v) is 3.96. The molecular weight excluding hydrogens is 390 g/mol. The fourth-order valence-electron chi connectivity index (χ4n) is 3.96. The number of methoxy groups -OCH3 is 1. The lowest BCUT2D eigenvalue weighted by Crippen LogP contribution is -2.27. The molecule has 2 aromatic carbocycles. The van der Waals surface area contributed by atoms with Crippen molar-refractivity contribution < 1.29 is 14.3 Å². The smallest absolute Gasteiger partial charge is 0.419 e. The molecule has 0 radical (unpaired) electrons. The number of aromatic nitrogens is 2. The molecule has 0 saturated heterocycles. The number of carbonyl (C=O) groups excluding carboxylic acids is 1. The summed E-state index contributed by atoms with van der Waals surface area (Å²) in [5.41, 5.74) is 3.08. The highest BCUT2D eigenvalue weighted by molar-refractivity contribution is 6.05. The first-order valence-corrected chi connectivity index (χ1v) is 10.3. The van der Waals surface area contributed by atoms with E-state index in [1.54, 1.807) is 11.7 Å². The minimum atomic E-state index is -0.604. The van der Waals surface area contributed by atoms with Gasteiger partial charge in [-0.15, -0.1) is 0 Å². The highest BCUT2D eigenvalue weighted by Crippen LogP contribution is 2.38. The highest BCUT2D eigenvalue weighted by Gasteiger charge is 2.24. The summed E-state index contributed by atoms with van der Waals surface area (Å²) in [5.74, 6) is 0.667. The van der Waals surface area contributed by atoms with Crippen molar-refractivity contribution in [3.05, 3.63) is 54.2 Å². The molecule has 2 aromatic heterocycles. The van der Waals surface area contributed by atoms with E-state index < -0.39 is 11.7 Å². The second kappa shape index (κ2) is 7.78. The third kappa shape index (κ3) is 4.03. The lowest BCUT2D eigenvalue weighted by Gasteiger charge is -2.21. The molecular formula is C25H29N3O3. The first-order chi connectivity index (χ1) is 14.7. The SMILES string of the molecule is COc1[nH]cc2cccc(-c3cc4cc(CN(C)C)ccc4n3C(=O)OC(C)(C)C)c12. The highest BCUT2D eigenvalue weighted by atomic mass is 16.6. The molecule has 1 N–H and O–H groups in total. The van der Waals surface area contributed by atoms with E-state index in [4.69, 9.17) is 9.47 Å². The number of nitrogens with one attached hydrogen (secondary N) is 1. The van der Waals surface area contributed by atoms with Gasteiger partial charge in [0.25, 0.3) is 0 Å². The molecule has 0 atom stereocenters. The summed E-state index contributed by atoms with van der Waals surface area (Å²) in [6, 6.07) is 14.3. The van der Waals surface area contributed by atoms with Crippen molar-refractivity contribution >= 4 is 27.8 Å². The predicted molar refractivity (Wildman–Crippen MR) is 125 cm³/mol. The van der Waals surface area contributed by atoms with E-state index in [-0.39, 0.29) is 0 Å². The summed E-state index contributed by atoms with van der Waals surface area (Å²) < 4.78 is 13.0. The topological polar surface area (TPSA) is 59.5 Å². The van der Waals surface area contributed by atoms with Gasteiger partial charge >= 0.3 is 6.09 Å². The Balaban J connectivity index is 1.98. The second-order valence-corrected chi connectivity index (χ2v) is 9.07. The number of carbonyl (C=O) groups is 1. The molecule has 0 bridgehead atoms. The minimum absolute atomic E-state index is 0.399. The predicted octanol–water partition coefficient (Wildman–Crippen LogP) is 5.64. The Morgan fingerprint density at radius 2 is 1.87 bits per heavy atom. The molecule has 0 spiro atoms. The third-order valence-corrected chi connectivity index (χ3v) is 5.10. The van der Waals surface area contributed by atoms with Gasteiger partial charge in [-0.05, 0) is 58.6 Å². The van der Waals surface area contributed by atoms with Gasteiger partial charge in [-0.3, -0.25) is 0 Å². The summed E-state index contributed by atoms with van der Waals surface area (Å²) in [7, 11) is 5.72. The molecule has 0 unspecified atom stereocenters. The molecule has 31 heavy (non-hydrogen) atoms. The van der Waals surface area contributed by atoms with Crippen LogP contribution >= 0.6 is 0 Å². The van der Waals surface area contributed by atoms with Crippen molar-refractivity contribution in [2.24, 2.45) is 0 Å². The molecule has 0 aliphatic heterocycles. The normalized spacial score (nSPS) is 12.1. The number of hydrogen-bond acceptors (Lipinski definition) is 4. The molecule has 4 aromatic rings. The number of H-pyrrole nitrogens is 1. The maximum atomic E-state index is 13.3. The number of aromatic amines is 1. The third-order valence-electron chi connectivity index (χ3n) is 5.10. The van der Waals surface area contributed by atoms with E-state index in [2.05, 4.69) is 28.1 Å². The molecule has 162 valence electrons. The van der Waals surface area contributed by atoms with Crippen molar-refractivity contribution in [2.75, 3.05) is 21.2 Å². The summed E-state index contributed by atoms with van der Waals surface area (Å²) in [5, 5.41) is 2.95. The van der Waals surface area contributed by atoms with Crippen molar-refractivity contribution in [2.45, 2.75) is 32.9 Å². The summed E-state index contributed by atoms with van der Waals surface area (Å²) in [4.78, 5) is 18.6. The zero-order valence-electron chi connectivity index (χ0n) is 18.9. The van der Waals surface area contributed by atoms with E-state index in [0.29, 0.717) is 5.88 Å². The number of rotatable bonds is 4. The molecule has 6 nitrogen and oxygen atoms in total. The molecule has 6 heteroatoms. The summed E-state index contributed by atoms with van der Waals surface area (Å²) in [6.45, 7) is 6.45. The van der Waals surface area contributed by atoms with Gasteiger partial charge in [0.2, 0.25) is 0 Å². The van der Waals surface area contributed by atoms with Crippen LogP contribution in [0.15, 0.2) is 48.7 Å². The van der Waals surface area contributed by atoms with Crippen molar-refractivity contribution in [1.82, 2.24) is 14.5 Å². The van der Waals surface area contributed by atoms with E-state index in [1.165, 1.54) is 5.56 Å². The Kier molecular flexibility index (Phi) is 5.27. The second-order valence-electron chi connectivity index (χ2n) is 9.07. The van der Waals surface area contributed by atoms with Crippen molar-refractivity contribution in [3.63, 3.8) is 0 Å². The van der Waals surface area contributed by atoms with Crippen LogP contribution in [-0.2, 0) is 11.3 Å². The van der Waals surface area contributed by atoms with E-state index >= 15 is 0 Å². The van der Waals surface area contributed by atoms with Crippen LogP contribution in [0, 0.1) is 0 Å². The van der Waals surface area contributed by atoms with Crippen LogP contribution in [0.5, 0.6) is 5.88 Å². The average Bonchev–Trinajstić information content (AvgIpc) is 3.26. The van der Waals surface area contributed by atoms with Gasteiger partial charge in [0, 0.05) is 29.1 Å². The number of fused-ring (bicyclic) bond motifs is 2. The summed E-state index contributed by atoms with van der Waals surface area (Å²) in [6.07, 6.45) is 1.51. The average molecular weight is 420 g/mol. The van der Waals surface area contributed by atoms with Gasteiger partial charge < -0.3 is 19.4 Å².